The molecular formula is C19H17Cl2NO6S. The van der Waals surface area contributed by atoms with E-state index >= 15 is 0 Å². The number of fused-ring (bicyclic) bond motifs is 1. The quantitative estimate of drug-likeness (QED) is 0.483. The fourth-order valence-corrected chi connectivity index (χ4v) is 4.93. The topological polar surface area (TPSA) is 98.8 Å². The van der Waals surface area contributed by atoms with E-state index in [0.717, 1.165) is 17.7 Å². The van der Waals surface area contributed by atoms with Crippen molar-refractivity contribution < 1.29 is 27.5 Å². The Morgan fingerprint density at radius 3 is 2.59 bits per heavy atom. The fourth-order valence-electron chi connectivity index (χ4n) is 2.76. The van der Waals surface area contributed by atoms with Crippen LogP contribution in [0.4, 0.5) is 0 Å². The molecule has 10 heteroatoms. The molecule has 1 heterocycles. The smallest absolute Gasteiger partial charge is 0.307 e. The average Bonchev–Trinajstić information content (AvgIpc) is 3.13. The summed E-state index contributed by atoms with van der Waals surface area (Å²) in [6, 6.07) is 9.36. The van der Waals surface area contributed by atoms with Gasteiger partial charge in [0, 0.05) is 18.5 Å². The Labute approximate surface area is 178 Å². The summed E-state index contributed by atoms with van der Waals surface area (Å²) in [5.41, 5.74) is 1.37. The largest absolute Gasteiger partial charge is 0.493 e. The van der Waals surface area contributed by atoms with Crippen LogP contribution in [-0.4, -0.2) is 39.9 Å². The minimum atomic E-state index is -4.00. The number of ether oxygens (including phenoxy) is 2. The number of halogens is 2. The van der Waals surface area contributed by atoms with Crippen molar-refractivity contribution in [3.8, 4) is 5.75 Å². The minimum Gasteiger partial charge on any atom is -0.493 e. The van der Waals surface area contributed by atoms with Gasteiger partial charge in [0.25, 0.3) is 0 Å². The number of esters is 1. The normalized spacial score (nSPS) is 12.9. The molecule has 0 fully saturated rings. The van der Waals surface area contributed by atoms with E-state index in [9.17, 15) is 18.0 Å². The Morgan fingerprint density at radius 1 is 1.14 bits per heavy atom. The van der Waals surface area contributed by atoms with E-state index in [1.807, 2.05) is 0 Å². The molecule has 0 aliphatic carbocycles. The molecule has 1 N–H and O–H groups in total. The lowest BCUT2D eigenvalue weighted by Gasteiger charge is -2.10. The van der Waals surface area contributed by atoms with Crippen molar-refractivity contribution in [3.05, 3.63) is 57.6 Å². The van der Waals surface area contributed by atoms with Crippen LogP contribution < -0.4 is 9.46 Å². The molecule has 0 bridgehead atoms. The second-order valence-corrected chi connectivity index (χ2v) is 8.72. The van der Waals surface area contributed by atoms with Gasteiger partial charge < -0.3 is 9.47 Å². The van der Waals surface area contributed by atoms with Crippen LogP contribution in [0.15, 0.2) is 41.3 Å². The molecule has 0 unspecified atom stereocenters. The molecule has 1 aliphatic heterocycles. The van der Waals surface area contributed by atoms with Crippen molar-refractivity contribution in [3.63, 3.8) is 0 Å². The first-order valence-corrected chi connectivity index (χ1v) is 10.9. The van der Waals surface area contributed by atoms with E-state index in [1.54, 1.807) is 18.2 Å². The van der Waals surface area contributed by atoms with Gasteiger partial charge in [-0.3, -0.25) is 9.59 Å². The third kappa shape index (κ3) is 5.27. The Bertz CT molecular complexity index is 1030. The molecule has 154 valence electrons. The summed E-state index contributed by atoms with van der Waals surface area (Å²) in [6.45, 7) is -0.0774. The summed E-state index contributed by atoms with van der Waals surface area (Å²) in [7, 11) is -4.00. The van der Waals surface area contributed by atoms with Crippen molar-refractivity contribution >= 4 is 45.0 Å². The van der Waals surface area contributed by atoms with E-state index in [4.69, 9.17) is 32.7 Å². The van der Waals surface area contributed by atoms with Crippen LogP contribution in [0, 0.1) is 0 Å². The lowest BCUT2D eigenvalue weighted by Crippen LogP contribution is -2.27. The summed E-state index contributed by atoms with van der Waals surface area (Å²) in [5.74, 6) is -0.309. The number of sulfonamides is 1. The van der Waals surface area contributed by atoms with Crippen molar-refractivity contribution in [1.29, 1.82) is 0 Å². The summed E-state index contributed by atoms with van der Waals surface area (Å²) >= 11 is 11.8. The number of nitrogens with one attached hydrogen (secondary N) is 1. The van der Waals surface area contributed by atoms with Gasteiger partial charge >= 0.3 is 5.97 Å². The second-order valence-electron chi connectivity index (χ2n) is 6.20. The molecule has 7 nitrogen and oxygen atoms in total. The summed E-state index contributed by atoms with van der Waals surface area (Å²) < 4.78 is 37.2. The summed E-state index contributed by atoms with van der Waals surface area (Å²) in [5, 5.41) is -0.0594. The fraction of sp³-hybridized carbons (Fsp3) is 0.263. The summed E-state index contributed by atoms with van der Waals surface area (Å²) in [6.07, 6.45) is 0.471. The second kappa shape index (κ2) is 9.13. The van der Waals surface area contributed by atoms with E-state index in [-0.39, 0.29) is 33.7 Å². The lowest BCUT2D eigenvalue weighted by molar-refractivity contribution is -0.142. The van der Waals surface area contributed by atoms with Crippen LogP contribution in [0.1, 0.15) is 22.3 Å². The first kappa shape index (κ1) is 21.6. The van der Waals surface area contributed by atoms with Gasteiger partial charge in [-0.1, -0.05) is 29.3 Å². The molecular weight excluding hydrogens is 441 g/mol. The van der Waals surface area contributed by atoms with Crippen molar-refractivity contribution in [2.75, 3.05) is 19.8 Å². The maximum Gasteiger partial charge on any atom is 0.307 e. The van der Waals surface area contributed by atoms with Crippen LogP contribution in [0.3, 0.4) is 0 Å². The zero-order chi connectivity index (χ0) is 21.0. The Morgan fingerprint density at radius 2 is 1.86 bits per heavy atom. The van der Waals surface area contributed by atoms with Crippen LogP contribution >= 0.6 is 23.2 Å². The Kier molecular flexibility index (Phi) is 6.79. The van der Waals surface area contributed by atoms with Crippen LogP contribution in [0.2, 0.25) is 10.0 Å². The predicted molar refractivity (Wildman–Crippen MR) is 107 cm³/mol. The third-order valence-electron chi connectivity index (χ3n) is 4.18. The molecule has 0 saturated carbocycles. The highest BCUT2D eigenvalue weighted by Gasteiger charge is 2.22. The highest BCUT2D eigenvalue weighted by atomic mass is 35.5. The zero-order valence-electron chi connectivity index (χ0n) is 15.1. The van der Waals surface area contributed by atoms with Gasteiger partial charge in [-0.25, -0.2) is 13.1 Å². The molecule has 0 atom stereocenters. The molecule has 0 aromatic heterocycles. The van der Waals surface area contributed by atoms with E-state index in [2.05, 4.69) is 4.72 Å². The van der Waals surface area contributed by atoms with Crippen LogP contribution in [-0.2, 0) is 26.0 Å². The van der Waals surface area contributed by atoms with E-state index in [1.165, 1.54) is 18.2 Å². The van der Waals surface area contributed by atoms with Gasteiger partial charge in [0.2, 0.25) is 10.0 Å². The highest BCUT2D eigenvalue weighted by Crippen LogP contribution is 2.28. The number of ketones is 1. The van der Waals surface area contributed by atoms with Gasteiger partial charge in [-0.05, 0) is 35.9 Å². The minimum absolute atomic E-state index is 0.0297. The van der Waals surface area contributed by atoms with Gasteiger partial charge in [-0.15, -0.1) is 0 Å². The van der Waals surface area contributed by atoms with E-state index in [0.29, 0.717) is 12.2 Å². The number of benzene rings is 2. The number of carbonyl (C=O) groups is 2. The number of Topliss-reactive ketones (excluding diaryl/α,β-unsaturated/α-hetero) is 1. The molecule has 2 aromatic carbocycles. The van der Waals surface area contributed by atoms with Gasteiger partial charge in [0.15, 0.2) is 12.4 Å². The van der Waals surface area contributed by atoms with Gasteiger partial charge in [-0.2, -0.15) is 0 Å². The van der Waals surface area contributed by atoms with Crippen molar-refractivity contribution in [2.45, 2.75) is 17.7 Å². The number of carbonyl (C=O) groups excluding carboxylic acids is 2. The standard InChI is InChI=1S/C19H17Cl2NO6S/c20-14-2-1-3-15(21)19(14)29(25,26)22-8-6-18(24)28-11-16(23)12-4-5-17-13(10-12)7-9-27-17/h1-5,10,22H,6-9,11H2. The third-order valence-corrected chi connectivity index (χ3v) is 6.60. The maximum atomic E-state index is 12.3. The molecule has 0 radical (unpaired) electrons. The molecule has 0 amide bonds. The first-order valence-electron chi connectivity index (χ1n) is 8.66. The monoisotopic (exact) mass is 457 g/mol. The predicted octanol–water partition coefficient (Wildman–Crippen LogP) is 3.02. The molecule has 0 saturated heterocycles. The van der Waals surface area contributed by atoms with Gasteiger partial charge in [0.05, 0.1) is 23.1 Å². The molecule has 1 aliphatic rings. The summed E-state index contributed by atoms with van der Waals surface area (Å²) in [4.78, 5) is 23.8. The number of hydrogen-bond acceptors (Lipinski definition) is 6. The van der Waals surface area contributed by atoms with Crippen LogP contribution in [0.25, 0.3) is 0 Å². The van der Waals surface area contributed by atoms with Crippen LogP contribution in [0.5, 0.6) is 5.75 Å². The Hall–Kier alpha value is -2.13. The van der Waals surface area contributed by atoms with Crippen molar-refractivity contribution in [1.82, 2.24) is 4.72 Å². The first-order chi connectivity index (χ1) is 13.8. The highest BCUT2D eigenvalue weighted by molar-refractivity contribution is 7.89. The molecule has 0 spiro atoms. The molecule has 3 rings (SSSR count). The molecule has 2 aromatic rings. The lowest BCUT2D eigenvalue weighted by atomic mass is 10.1. The maximum absolute atomic E-state index is 12.3. The van der Waals surface area contributed by atoms with E-state index < -0.39 is 22.6 Å². The van der Waals surface area contributed by atoms with Gasteiger partial charge in [0.1, 0.15) is 10.6 Å². The van der Waals surface area contributed by atoms with Crippen molar-refractivity contribution in [2.24, 2.45) is 0 Å². The SMILES string of the molecule is O=C(CCNS(=O)(=O)c1c(Cl)cccc1Cl)OCC(=O)c1ccc2c(c1)CCO2. The zero-order valence-corrected chi connectivity index (χ0v) is 17.4. The average molecular weight is 458 g/mol. The number of rotatable bonds is 8. The Balaban J connectivity index is 1.48. The number of hydrogen-bond donors (Lipinski definition) is 1. The molecule has 29 heavy (non-hydrogen) atoms.